The van der Waals surface area contributed by atoms with Gasteiger partial charge in [0.2, 0.25) is 5.91 Å². The molecule has 0 aliphatic rings. The molecule has 130 valence electrons. The van der Waals surface area contributed by atoms with Gasteiger partial charge in [-0.2, -0.15) is 0 Å². The number of aromatic amines is 1. The molecule has 1 heterocycles. The molecule has 0 saturated heterocycles. The molecule has 0 aliphatic heterocycles. The zero-order valence-electron chi connectivity index (χ0n) is 14.5. The van der Waals surface area contributed by atoms with Crippen molar-refractivity contribution in [2.24, 2.45) is 5.92 Å². The summed E-state index contributed by atoms with van der Waals surface area (Å²) in [6.07, 6.45) is 4.21. The van der Waals surface area contributed by atoms with Crippen LogP contribution in [0.2, 0.25) is 0 Å². The number of imidazole rings is 1. The lowest BCUT2D eigenvalue weighted by molar-refractivity contribution is -0.124. The van der Waals surface area contributed by atoms with Crippen LogP contribution >= 0.6 is 0 Å². The summed E-state index contributed by atoms with van der Waals surface area (Å²) in [5, 5.41) is 6.32. The Hall–Kier alpha value is -2.34. The van der Waals surface area contributed by atoms with Crippen LogP contribution in [-0.4, -0.2) is 35.6 Å². The molecule has 0 saturated carbocycles. The Morgan fingerprint density at radius 3 is 2.62 bits per heavy atom. The first kappa shape index (κ1) is 18.0. The van der Waals surface area contributed by atoms with Gasteiger partial charge >= 0.3 is 0 Å². The summed E-state index contributed by atoms with van der Waals surface area (Å²) in [5.41, 5.74) is 2.06. The molecule has 0 fully saturated rings. The van der Waals surface area contributed by atoms with Crippen LogP contribution in [0.3, 0.4) is 0 Å². The Labute approximate surface area is 143 Å². The minimum atomic E-state index is -0.230. The van der Waals surface area contributed by atoms with Gasteiger partial charge in [0.15, 0.2) is 0 Å². The van der Waals surface area contributed by atoms with E-state index in [2.05, 4.69) is 20.6 Å². The number of amides is 1. The van der Waals surface area contributed by atoms with E-state index in [4.69, 9.17) is 4.74 Å². The normalized spacial score (nSPS) is 12.2. The number of nitrogens with zero attached hydrogens (tertiary/aromatic N) is 1. The van der Waals surface area contributed by atoms with Crippen LogP contribution in [0.25, 0.3) is 0 Å². The monoisotopic (exact) mass is 330 g/mol. The average molecular weight is 330 g/mol. The molecular weight excluding hydrogens is 304 g/mol. The summed E-state index contributed by atoms with van der Waals surface area (Å²) < 4.78 is 5.15. The first-order chi connectivity index (χ1) is 11.6. The molecule has 6 nitrogen and oxygen atoms in total. The Bertz CT molecular complexity index is 608. The maximum absolute atomic E-state index is 12.4. The molecule has 0 spiro atoms. The maximum Gasteiger partial charge on any atom is 0.237 e. The number of carbonyl (C=O) groups excluding carboxylic acids is 1. The lowest BCUT2D eigenvalue weighted by Crippen LogP contribution is -2.47. The summed E-state index contributed by atoms with van der Waals surface area (Å²) in [6.45, 7) is 5.30. The number of hydrogen-bond acceptors (Lipinski definition) is 4. The number of H-pyrrole nitrogens is 1. The molecule has 1 aromatic carbocycles. The van der Waals surface area contributed by atoms with Crippen LogP contribution < -0.4 is 15.4 Å². The second-order valence-electron chi connectivity index (χ2n) is 6.05. The fourth-order valence-corrected chi connectivity index (χ4v) is 2.45. The molecule has 3 N–H and O–H groups in total. The van der Waals surface area contributed by atoms with E-state index in [-0.39, 0.29) is 17.9 Å². The van der Waals surface area contributed by atoms with Gasteiger partial charge in [-0.15, -0.1) is 0 Å². The lowest BCUT2D eigenvalue weighted by Gasteiger charge is -2.22. The molecule has 2 rings (SSSR count). The molecule has 0 radical (unpaired) electrons. The smallest absolute Gasteiger partial charge is 0.237 e. The van der Waals surface area contributed by atoms with Gasteiger partial charge in [0.05, 0.1) is 25.2 Å². The minimum Gasteiger partial charge on any atom is -0.497 e. The van der Waals surface area contributed by atoms with Gasteiger partial charge in [-0.25, -0.2) is 4.98 Å². The summed E-state index contributed by atoms with van der Waals surface area (Å²) in [5.74, 6) is 1.05. The molecule has 6 heteroatoms. The van der Waals surface area contributed by atoms with Gasteiger partial charge < -0.3 is 20.4 Å². The van der Waals surface area contributed by atoms with Crippen molar-refractivity contribution >= 4 is 5.91 Å². The van der Waals surface area contributed by atoms with E-state index in [0.29, 0.717) is 13.1 Å². The van der Waals surface area contributed by atoms with E-state index in [0.717, 1.165) is 23.4 Å². The van der Waals surface area contributed by atoms with Crippen LogP contribution in [0.15, 0.2) is 36.8 Å². The van der Waals surface area contributed by atoms with Crippen molar-refractivity contribution in [3.05, 3.63) is 48.0 Å². The van der Waals surface area contributed by atoms with E-state index < -0.39 is 0 Å². The highest BCUT2D eigenvalue weighted by Crippen LogP contribution is 2.12. The van der Waals surface area contributed by atoms with Gasteiger partial charge in [-0.05, 0) is 23.6 Å². The second-order valence-corrected chi connectivity index (χ2v) is 6.05. The Kier molecular flexibility index (Phi) is 6.81. The number of methoxy groups -OCH3 is 1. The topological polar surface area (TPSA) is 79.0 Å². The molecule has 1 aromatic heterocycles. The van der Waals surface area contributed by atoms with Gasteiger partial charge in [0, 0.05) is 25.7 Å². The first-order valence-electron chi connectivity index (χ1n) is 8.22. The predicted octanol–water partition coefficient (Wildman–Crippen LogP) is 1.89. The van der Waals surface area contributed by atoms with E-state index in [1.54, 1.807) is 13.4 Å². The largest absolute Gasteiger partial charge is 0.497 e. The molecule has 0 bridgehead atoms. The molecule has 0 unspecified atom stereocenters. The third kappa shape index (κ3) is 5.38. The van der Waals surface area contributed by atoms with Crippen molar-refractivity contribution in [2.45, 2.75) is 32.9 Å². The van der Waals surface area contributed by atoms with Crippen LogP contribution in [0.5, 0.6) is 5.75 Å². The fourth-order valence-electron chi connectivity index (χ4n) is 2.45. The number of hydrogen-bond donors (Lipinski definition) is 3. The quantitative estimate of drug-likeness (QED) is 0.656. The summed E-state index contributed by atoms with van der Waals surface area (Å²) >= 11 is 0. The van der Waals surface area contributed by atoms with Crippen LogP contribution in [0.1, 0.15) is 25.1 Å². The first-order valence-corrected chi connectivity index (χ1v) is 8.22. The van der Waals surface area contributed by atoms with Crippen molar-refractivity contribution < 1.29 is 9.53 Å². The summed E-state index contributed by atoms with van der Waals surface area (Å²) in [7, 11) is 1.65. The van der Waals surface area contributed by atoms with Gasteiger partial charge in [-0.1, -0.05) is 26.0 Å². The van der Waals surface area contributed by atoms with Crippen LogP contribution in [0, 0.1) is 5.92 Å². The molecule has 0 aliphatic carbocycles. The van der Waals surface area contributed by atoms with Crippen molar-refractivity contribution in [1.82, 2.24) is 20.6 Å². The zero-order valence-corrected chi connectivity index (χ0v) is 14.5. The third-order valence-electron chi connectivity index (χ3n) is 3.87. The van der Waals surface area contributed by atoms with Crippen molar-refractivity contribution in [1.29, 1.82) is 0 Å². The van der Waals surface area contributed by atoms with Gasteiger partial charge in [-0.3, -0.25) is 4.79 Å². The fraction of sp³-hybridized carbons (Fsp3) is 0.444. The van der Waals surface area contributed by atoms with Crippen LogP contribution in [-0.2, 0) is 17.8 Å². The van der Waals surface area contributed by atoms with E-state index in [9.17, 15) is 4.79 Å². The molecule has 1 amide bonds. The van der Waals surface area contributed by atoms with Crippen molar-refractivity contribution in [2.75, 3.05) is 13.7 Å². The molecule has 1 atom stereocenters. The number of carbonyl (C=O) groups is 1. The van der Waals surface area contributed by atoms with Crippen molar-refractivity contribution in [3.63, 3.8) is 0 Å². The third-order valence-corrected chi connectivity index (χ3v) is 3.87. The number of rotatable bonds is 9. The minimum absolute atomic E-state index is 0.0223. The Morgan fingerprint density at radius 2 is 2.04 bits per heavy atom. The van der Waals surface area contributed by atoms with E-state index in [1.165, 1.54) is 0 Å². The summed E-state index contributed by atoms with van der Waals surface area (Å²) in [6, 6.07) is 7.61. The van der Waals surface area contributed by atoms with Crippen molar-refractivity contribution in [3.8, 4) is 5.75 Å². The van der Waals surface area contributed by atoms with E-state index >= 15 is 0 Å². The van der Waals surface area contributed by atoms with Gasteiger partial charge in [0.25, 0.3) is 0 Å². The average Bonchev–Trinajstić information content (AvgIpc) is 3.08. The number of ether oxygens (including phenoxy) is 1. The molecular formula is C18H26N4O2. The maximum atomic E-state index is 12.4. The highest BCUT2D eigenvalue weighted by Gasteiger charge is 2.21. The van der Waals surface area contributed by atoms with E-state index in [1.807, 2.05) is 44.3 Å². The standard InChI is InChI=1S/C18H26N4O2/c1-13(2)17(18(23)20-9-8-15-11-19-12-22-15)21-10-14-4-6-16(24-3)7-5-14/h4-7,11-13,17,21H,8-10H2,1-3H3,(H,19,22)(H,20,23)/t17-/m0/s1. The van der Waals surface area contributed by atoms with Crippen LogP contribution in [0.4, 0.5) is 0 Å². The van der Waals surface area contributed by atoms with Gasteiger partial charge in [0.1, 0.15) is 5.75 Å². The predicted molar refractivity (Wildman–Crippen MR) is 93.8 cm³/mol. The Balaban J connectivity index is 1.82. The highest BCUT2D eigenvalue weighted by molar-refractivity contribution is 5.82. The number of nitrogens with one attached hydrogen (secondary N) is 3. The number of benzene rings is 1. The number of aromatic nitrogens is 2. The zero-order chi connectivity index (χ0) is 17.4. The second kappa shape index (κ2) is 9.08. The molecule has 2 aromatic rings. The summed E-state index contributed by atoms with van der Waals surface area (Å²) in [4.78, 5) is 19.5. The molecule has 24 heavy (non-hydrogen) atoms. The Morgan fingerprint density at radius 1 is 1.29 bits per heavy atom. The SMILES string of the molecule is COc1ccc(CN[C@H](C(=O)NCCc2c[nH]cn2)C(C)C)cc1. The highest BCUT2D eigenvalue weighted by atomic mass is 16.5. The lowest BCUT2D eigenvalue weighted by atomic mass is 10.0.